The molecule has 0 spiro atoms. The van der Waals surface area contributed by atoms with Crippen LogP contribution in [0.1, 0.15) is 46.0 Å². The highest BCUT2D eigenvalue weighted by Crippen LogP contribution is 2.15. The smallest absolute Gasteiger partial charge is 0.340 e. The summed E-state index contributed by atoms with van der Waals surface area (Å²) >= 11 is 0. The molecule has 9 heteroatoms. The van der Waals surface area contributed by atoms with Crippen LogP contribution in [-0.2, 0) is 9.53 Å². The number of nitrogens with one attached hydrogen (secondary N) is 2. The van der Waals surface area contributed by atoms with Crippen LogP contribution in [0.25, 0.3) is 5.82 Å². The van der Waals surface area contributed by atoms with Crippen molar-refractivity contribution in [1.29, 1.82) is 0 Å². The highest BCUT2D eigenvalue weighted by molar-refractivity contribution is 6.04. The fraction of sp³-hybridized carbons (Fsp3) is 0.292. The molecule has 3 rings (SSSR count). The van der Waals surface area contributed by atoms with Crippen LogP contribution >= 0.6 is 0 Å². The van der Waals surface area contributed by atoms with E-state index in [1.54, 1.807) is 41.1 Å². The van der Waals surface area contributed by atoms with E-state index in [-0.39, 0.29) is 11.5 Å². The van der Waals surface area contributed by atoms with Crippen LogP contribution in [0.15, 0.2) is 48.7 Å². The third kappa shape index (κ3) is 6.25. The fourth-order valence-corrected chi connectivity index (χ4v) is 3.08. The lowest BCUT2D eigenvalue weighted by Crippen LogP contribution is -2.29. The largest absolute Gasteiger partial charge is 0.452 e. The van der Waals surface area contributed by atoms with Gasteiger partial charge in [-0.25, -0.2) is 14.5 Å². The number of ether oxygens (including phenoxy) is 1. The lowest BCUT2D eigenvalue weighted by Gasteiger charge is -2.12. The fourth-order valence-electron chi connectivity index (χ4n) is 3.08. The topological polar surface area (TPSA) is 115 Å². The van der Waals surface area contributed by atoms with Crippen molar-refractivity contribution in [2.24, 2.45) is 5.92 Å². The summed E-state index contributed by atoms with van der Waals surface area (Å²) in [5, 5.41) is 9.79. The molecule has 172 valence electrons. The van der Waals surface area contributed by atoms with Crippen LogP contribution in [0, 0.1) is 19.8 Å². The maximum Gasteiger partial charge on any atom is 0.340 e. The van der Waals surface area contributed by atoms with E-state index in [0.717, 1.165) is 11.4 Å². The zero-order chi connectivity index (χ0) is 24.0. The molecule has 33 heavy (non-hydrogen) atoms. The maximum absolute atomic E-state index is 12.4. The molecule has 0 bridgehead atoms. The first-order chi connectivity index (χ1) is 15.7. The van der Waals surface area contributed by atoms with Gasteiger partial charge in [-0.05, 0) is 50.1 Å². The Bertz CT molecular complexity index is 1150. The molecule has 2 aromatic heterocycles. The number of carbonyl (C=O) groups is 3. The Morgan fingerprint density at radius 1 is 1.09 bits per heavy atom. The molecule has 2 heterocycles. The van der Waals surface area contributed by atoms with Gasteiger partial charge in [0.2, 0.25) is 0 Å². The van der Waals surface area contributed by atoms with Crippen molar-refractivity contribution >= 4 is 23.5 Å². The van der Waals surface area contributed by atoms with Crippen molar-refractivity contribution in [2.45, 2.75) is 27.7 Å². The molecule has 0 radical (unpaired) electrons. The zero-order valence-electron chi connectivity index (χ0n) is 19.1. The predicted molar refractivity (Wildman–Crippen MR) is 123 cm³/mol. The van der Waals surface area contributed by atoms with E-state index in [0.29, 0.717) is 29.5 Å². The summed E-state index contributed by atoms with van der Waals surface area (Å²) in [5.41, 5.74) is 2.67. The molecule has 0 atom stereocenters. The minimum Gasteiger partial charge on any atom is -0.452 e. The number of esters is 1. The highest BCUT2D eigenvalue weighted by atomic mass is 16.5. The van der Waals surface area contributed by atoms with Gasteiger partial charge in [0, 0.05) is 18.4 Å². The molecule has 0 aliphatic carbocycles. The molecule has 2 amide bonds. The van der Waals surface area contributed by atoms with Crippen LogP contribution in [0.5, 0.6) is 0 Å². The second-order valence-electron chi connectivity index (χ2n) is 8.02. The number of pyridine rings is 1. The van der Waals surface area contributed by atoms with Crippen LogP contribution in [0.3, 0.4) is 0 Å². The maximum atomic E-state index is 12.4. The summed E-state index contributed by atoms with van der Waals surface area (Å²) < 4.78 is 6.77. The molecule has 0 saturated carbocycles. The molecule has 3 aromatic rings. The minimum atomic E-state index is -0.680. The molecule has 0 saturated heterocycles. The van der Waals surface area contributed by atoms with Crippen molar-refractivity contribution < 1.29 is 19.1 Å². The number of para-hydroxylation sites is 1. The van der Waals surface area contributed by atoms with Crippen LogP contribution in [-0.4, -0.2) is 45.7 Å². The van der Waals surface area contributed by atoms with E-state index in [9.17, 15) is 14.4 Å². The van der Waals surface area contributed by atoms with Gasteiger partial charge in [0.15, 0.2) is 12.4 Å². The number of rotatable bonds is 8. The summed E-state index contributed by atoms with van der Waals surface area (Å²) in [6.45, 7) is 7.80. The summed E-state index contributed by atoms with van der Waals surface area (Å²) in [4.78, 5) is 41.3. The van der Waals surface area contributed by atoms with E-state index >= 15 is 0 Å². The van der Waals surface area contributed by atoms with E-state index in [1.807, 2.05) is 33.8 Å². The number of nitrogens with zero attached hydrogens (tertiary/aromatic N) is 3. The molecule has 0 aliphatic heterocycles. The molecule has 0 aliphatic rings. The van der Waals surface area contributed by atoms with Gasteiger partial charge in [0.1, 0.15) is 0 Å². The number of aryl methyl sites for hydroxylation is 2. The van der Waals surface area contributed by atoms with E-state index in [4.69, 9.17) is 4.74 Å². The Hall–Kier alpha value is -4.01. The Balaban J connectivity index is 1.57. The first-order valence-electron chi connectivity index (χ1n) is 10.6. The summed E-state index contributed by atoms with van der Waals surface area (Å²) in [5.74, 6) is -0.654. The van der Waals surface area contributed by atoms with Crippen molar-refractivity contribution in [2.75, 3.05) is 18.5 Å². The lowest BCUT2D eigenvalue weighted by atomic mass is 10.1. The van der Waals surface area contributed by atoms with E-state index in [2.05, 4.69) is 20.7 Å². The third-order valence-electron chi connectivity index (χ3n) is 4.66. The molecule has 9 nitrogen and oxygen atoms in total. The number of hydrogen-bond acceptors (Lipinski definition) is 6. The normalized spacial score (nSPS) is 10.7. The molecular weight excluding hydrogens is 422 g/mol. The van der Waals surface area contributed by atoms with Gasteiger partial charge in [-0.15, -0.1) is 0 Å². The number of aromatic nitrogens is 3. The summed E-state index contributed by atoms with van der Waals surface area (Å²) in [6, 6.07) is 11.8. The second-order valence-corrected chi connectivity index (χ2v) is 8.02. The third-order valence-corrected chi connectivity index (χ3v) is 4.66. The second kappa shape index (κ2) is 10.5. The Morgan fingerprint density at radius 2 is 1.85 bits per heavy atom. The van der Waals surface area contributed by atoms with Crippen LogP contribution in [0.2, 0.25) is 0 Å². The quantitative estimate of drug-likeness (QED) is 0.511. The number of benzene rings is 1. The Labute approximate surface area is 192 Å². The first-order valence-corrected chi connectivity index (χ1v) is 10.6. The molecule has 0 unspecified atom stereocenters. The van der Waals surface area contributed by atoms with Gasteiger partial charge in [-0.2, -0.15) is 5.10 Å². The zero-order valence-corrected chi connectivity index (χ0v) is 19.1. The average Bonchev–Trinajstić information content (AvgIpc) is 3.14. The Morgan fingerprint density at radius 3 is 2.48 bits per heavy atom. The van der Waals surface area contributed by atoms with Gasteiger partial charge >= 0.3 is 5.97 Å². The molecule has 1 aromatic carbocycles. The first kappa shape index (κ1) is 23.6. The van der Waals surface area contributed by atoms with Gasteiger partial charge < -0.3 is 15.4 Å². The van der Waals surface area contributed by atoms with E-state index in [1.165, 1.54) is 6.20 Å². The van der Waals surface area contributed by atoms with Gasteiger partial charge in [-0.1, -0.05) is 26.0 Å². The highest BCUT2D eigenvalue weighted by Gasteiger charge is 2.16. The number of carbonyl (C=O) groups excluding carboxylic acids is 3. The van der Waals surface area contributed by atoms with Crippen molar-refractivity contribution in [3.05, 3.63) is 71.2 Å². The minimum absolute atomic E-state index is 0.210. The number of anilines is 1. The van der Waals surface area contributed by atoms with Crippen molar-refractivity contribution in [3.63, 3.8) is 0 Å². The predicted octanol–water partition coefficient (Wildman–Crippen LogP) is 3.07. The van der Waals surface area contributed by atoms with Crippen LogP contribution in [0.4, 0.5) is 5.69 Å². The summed E-state index contributed by atoms with van der Waals surface area (Å²) in [7, 11) is 0. The molecule has 0 fully saturated rings. The van der Waals surface area contributed by atoms with Gasteiger partial charge in [-0.3, -0.25) is 9.59 Å². The average molecular weight is 450 g/mol. The summed E-state index contributed by atoms with van der Waals surface area (Å²) in [6.07, 6.45) is 1.38. The Kier molecular flexibility index (Phi) is 7.55. The van der Waals surface area contributed by atoms with Crippen LogP contribution < -0.4 is 10.6 Å². The number of hydrogen-bond donors (Lipinski definition) is 2. The van der Waals surface area contributed by atoms with Crippen molar-refractivity contribution in [3.8, 4) is 5.82 Å². The van der Waals surface area contributed by atoms with E-state index < -0.39 is 18.5 Å². The lowest BCUT2D eigenvalue weighted by molar-refractivity contribution is -0.119. The number of amides is 2. The standard InChI is InChI=1S/C24H27N5O4/c1-15(2)12-26-23(31)19-7-5-6-8-20(19)27-22(30)14-33-24(32)18-9-10-21(25-13-18)29-17(4)11-16(3)28-29/h5-11,13,15H,12,14H2,1-4H3,(H,26,31)(H,27,30). The SMILES string of the molecule is Cc1cc(C)n(-c2ccc(C(=O)OCC(=O)Nc3ccccc3C(=O)NCC(C)C)cn2)n1. The molecular formula is C24H27N5O4. The van der Waals surface area contributed by atoms with Gasteiger partial charge in [0.05, 0.1) is 22.5 Å². The van der Waals surface area contributed by atoms with Crippen molar-refractivity contribution in [1.82, 2.24) is 20.1 Å². The molecule has 2 N–H and O–H groups in total. The van der Waals surface area contributed by atoms with Gasteiger partial charge in [0.25, 0.3) is 11.8 Å². The monoisotopic (exact) mass is 449 g/mol.